The lowest BCUT2D eigenvalue weighted by atomic mass is 10.2. The van der Waals surface area contributed by atoms with Gasteiger partial charge in [0, 0.05) is 6.04 Å². The molecule has 5 heteroatoms. The highest BCUT2D eigenvalue weighted by Gasteiger charge is 2.31. The number of carbonyl (C=O) groups is 1. The average molecular weight is 293 g/mol. The van der Waals surface area contributed by atoms with Gasteiger partial charge in [-0.3, -0.25) is 4.79 Å². The summed E-state index contributed by atoms with van der Waals surface area (Å²) in [5, 5.41) is 1.73. The smallest absolute Gasteiger partial charge is 0.238 e. The van der Waals surface area contributed by atoms with Gasteiger partial charge in [-0.2, -0.15) is 0 Å². The fourth-order valence-corrected chi connectivity index (χ4v) is 2.78. The van der Waals surface area contributed by atoms with Crippen LogP contribution in [0.25, 0.3) is 6.08 Å². The van der Waals surface area contributed by atoms with Crippen LogP contribution in [-0.2, 0) is 14.6 Å². The molecule has 20 heavy (non-hydrogen) atoms. The minimum absolute atomic E-state index is 0.124. The average Bonchev–Trinajstić information content (AvgIpc) is 3.22. The monoisotopic (exact) mass is 293 g/mol. The van der Waals surface area contributed by atoms with Crippen LogP contribution in [0.5, 0.6) is 0 Å². The number of carbonyl (C=O) groups excluding carboxylic acids is 1. The van der Waals surface area contributed by atoms with Crippen LogP contribution in [-0.4, -0.2) is 31.4 Å². The number of nitrogens with one attached hydrogen (secondary N) is 1. The third kappa shape index (κ3) is 4.20. The van der Waals surface area contributed by atoms with Crippen LogP contribution in [0.4, 0.5) is 0 Å². The van der Waals surface area contributed by atoms with Gasteiger partial charge in [-0.15, -0.1) is 0 Å². The summed E-state index contributed by atoms with van der Waals surface area (Å²) in [6, 6.07) is 9.65. The van der Waals surface area contributed by atoms with Crippen molar-refractivity contribution in [3.05, 3.63) is 42.0 Å². The minimum Gasteiger partial charge on any atom is -0.352 e. The van der Waals surface area contributed by atoms with E-state index in [4.69, 9.17) is 0 Å². The standard InChI is InChI=1S/C15H19NO3S/c1-12(15(17)16-14-9-10-14)20(18,19)11-5-8-13-6-3-2-4-7-13/h2-8,12,14H,9-11H2,1H3,(H,16,17). The predicted octanol–water partition coefficient (Wildman–Crippen LogP) is 1.78. The molecule has 0 spiro atoms. The highest BCUT2D eigenvalue weighted by Crippen LogP contribution is 2.19. The van der Waals surface area contributed by atoms with Crippen molar-refractivity contribution >= 4 is 21.8 Å². The van der Waals surface area contributed by atoms with E-state index in [-0.39, 0.29) is 17.7 Å². The lowest BCUT2D eigenvalue weighted by Gasteiger charge is -2.11. The Labute approximate surface area is 119 Å². The second kappa shape index (κ2) is 6.22. The lowest BCUT2D eigenvalue weighted by molar-refractivity contribution is -0.120. The molecule has 4 nitrogen and oxygen atoms in total. The fraction of sp³-hybridized carbons (Fsp3) is 0.400. The van der Waals surface area contributed by atoms with Crippen LogP contribution in [0.15, 0.2) is 36.4 Å². The van der Waals surface area contributed by atoms with Gasteiger partial charge in [0.1, 0.15) is 5.25 Å². The molecule has 1 aromatic carbocycles. The first-order valence-electron chi connectivity index (χ1n) is 6.72. The maximum absolute atomic E-state index is 12.1. The molecule has 1 aliphatic carbocycles. The lowest BCUT2D eigenvalue weighted by Crippen LogP contribution is -2.39. The quantitative estimate of drug-likeness (QED) is 0.869. The first-order chi connectivity index (χ1) is 9.49. The largest absolute Gasteiger partial charge is 0.352 e. The summed E-state index contributed by atoms with van der Waals surface area (Å²) in [7, 11) is -3.45. The van der Waals surface area contributed by atoms with E-state index in [0.717, 1.165) is 18.4 Å². The molecular formula is C15H19NO3S. The van der Waals surface area contributed by atoms with E-state index in [9.17, 15) is 13.2 Å². The van der Waals surface area contributed by atoms with Crippen LogP contribution >= 0.6 is 0 Å². The Morgan fingerprint density at radius 2 is 2.00 bits per heavy atom. The van der Waals surface area contributed by atoms with Crippen molar-refractivity contribution in [2.45, 2.75) is 31.1 Å². The normalized spacial score (nSPS) is 17.1. The van der Waals surface area contributed by atoms with Gasteiger partial charge in [0.2, 0.25) is 5.91 Å². The van der Waals surface area contributed by atoms with E-state index in [2.05, 4.69) is 5.32 Å². The van der Waals surface area contributed by atoms with Crippen molar-refractivity contribution < 1.29 is 13.2 Å². The maximum atomic E-state index is 12.1. The number of benzene rings is 1. The van der Waals surface area contributed by atoms with Crippen molar-refractivity contribution in [1.29, 1.82) is 0 Å². The van der Waals surface area contributed by atoms with Crippen molar-refractivity contribution in [3.63, 3.8) is 0 Å². The van der Waals surface area contributed by atoms with Gasteiger partial charge in [0.25, 0.3) is 0 Å². The van der Waals surface area contributed by atoms with Gasteiger partial charge in [0.05, 0.1) is 5.75 Å². The first-order valence-corrected chi connectivity index (χ1v) is 8.44. The molecule has 1 N–H and O–H groups in total. The molecule has 1 aliphatic rings. The number of hydrogen-bond donors (Lipinski definition) is 1. The molecule has 1 atom stereocenters. The van der Waals surface area contributed by atoms with E-state index >= 15 is 0 Å². The molecular weight excluding hydrogens is 274 g/mol. The van der Waals surface area contributed by atoms with Crippen LogP contribution in [0.3, 0.4) is 0 Å². The Bertz CT molecular complexity index is 589. The number of amides is 1. The number of rotatable bonds is 6. The Morgan fingerprint density at radius 3 is 2.60 bits per heavy atom. The van der Waals surface area contributed by atoms with Crippen LogP contribution in [0, 0.1) is 0 Å². The Balaban J connectivity index is 1.92. The van der Waals surface area contributed by atoms with E-state index in [0.29, 0.717) is 0 Å². The molecule has 0 bridgehead atoms. The molecule has 0 radical (unpaired) electrons. The van der Waals surface area contributed by atoms with Gasteiger partial charge in [-0.25, -0.2) is 8.42 Å². The molecule has 2 rings (SSSR count). The Morgan fingerprint density at radius 1 is 1.35 bits per heavy atom. The van der Waals surface area contributed by atoms with Crippen molar-refractivity contribution in [2.24, 2.45) is 0 Å². The van der Waals surface area contributed by atoms with Gasteiger partial charge in [-0.05, 0) is 25.3 Å². The van der Waals surface area contributed by atoms with Gasteiger partial charge in [-0.1, -0.05) is 42.5 Å². The summed E-state index contributed by atoms with van der Waals surface area (Å²) in [5.41, 5.74) is 0.942. The van der Waals surface area contributed by atoms with Crippen molar-refractivity contribution in [3.8, 4) is 0 Å². The van der Waals surface area contributed by atoms with Crippen LogP contribution in [0.2, 0.25) is 0 Å². The second-order valence-corrected chi connectivity index (χ2v) is 7.43. The van der Waals surface area contributed by atoms with E-state index in [1.165, 1.54) is 6.92 Å². The SMILES string of the molecule is CC(C(=O)NC1CC1)S(=O)(=O)CC=Cc1ccccc1. The Hall–Kier alpha value is -1.62. The molecule has 0 saturated heterocycles. The molecule has 1 saturated carbocycles. The number of hydrogen-bond acceptors (Lipinski definition) is 3. The van der Waals surface area contributed by atoms with Crippen LogP contribution in [0.1, 0.15) is 25.3 Å². The predicted molar refractivity (Wildman–Crippen MR) is 79.9 cm³/mol. The third-order valence-corrected chi connectivity index (χ3v) is 5.22. The fourth-order valence-electron chi connectivity index (χ4n) is 1.74. The van der Waals surface area contributed by atoms with Gasteiger partial charge < -0.3 is 5.32 Å². The molecule has 1 unspecified atom stereocenters. The third-order valence-electron chi connectivity index (χ3n) is 3.27. The summed E-state index contributed by atoms with van der Waals surface area (Å²) in [6.45, 7) is 1.45. The molecule has 108 valence electrons. The summed E-state index contributed by atoms with van der Waals surface area (Å²) in [4.78, 5) is 11.8. The zero-order valence-corrected chi connectivity index (χ0v) is 12.3. The number of sulfone groups is 1. The summed E-state index contributed by atoms with van der Waals surface area (Å²) in [6.07, 6.45) is 5.24. The highest BCUT2D eigenvalue weighted by molar-refractivity contribution is 7.92. The summed E-state index contributed by atoms with van der Waals surface area (Å²) >= 11 is 0. The second-order valence-electron chi connectivity index (χ2n) is 5.07. The van der Waals surface area contributed by atoms with Crippen LogP contribution < -0.4 is 5.32 Å². The molecule has 1 fully saturated rings. The highest BCUT2D eigenvalue weighted by atomic mass is 32.2. The molecule has 0 aliphatic heterocycles. The van der Waals surface area contributed by atoms with Crippen molar-refractivity contribution in [1.82, 2.24) is 5.32 Å². The first kappa shape index (κ1) is 14.8. The summed E-state index contributed by atoms with van der Waals surface area (Å²) in [5.74, 6) is -0.512. The minimum atomic E-state index is -3.45. The molecule has 0 heterocycles. The van der Waals surface area contributed by atoms with E-state index in [1.807, 2.05) is 30.3 Å². The maximum Gasteiger partial charge on any atom is 0.238 e. The van der Waals surface area contributed by atoms with Gasteiger partial charge in [0.15, 0.2) is 9.84 Å². The zero-order chi connectivity index (χ0) is 14.6. The molecule has 0 aromatic heterocycles. The summed E-state index contributed by atoms with van der Waals surface area (Å²) < 4.78 is 24.1. The van der Waals surface area contributed by atoms with E-state index in [1.54, 1.807) is 12.2 Å². The van der Waals surface area contributed by atoms with Crippen molar-refractivity contribution in [2.75, 3.05) is 5.75 Å². The molecule has 1 aromatic rings. The molecule has 1 amide bonds. The Kier molecular flexibility index (Phi) is 4.60. The topological polar surface area (TPSA) is 63.2 Å². The zero-order valence-electron chi connectivity index (χ0n) is 11.5. The van der Waals surface area contributed by atoms with E-state index < -0.39 is 15.1 Å². The van der Waals surface area contributed by atoms with Gasteiger partial charge >= 0.3 is 0 Å².